The standard InChI is InChI=1S/C14H21NO/c1-10-3-4-11(2)13(7-10)14(15)8-12-5-6-16-9-12/h3-4,7,12,14H,5-6,8-9,15H2,1-2H3. The largest absolute Gasteiger partial charge is 0.381 e. The van der Waals surface area contributed by atoms with E-state index in [-0.39, 0.29) is 6.04 Å². The van der Waals surface area contributed by atoms with Crippen LogP contribution >= 0.6 is 0 Å². The maximum absolute atomic E-state index is 6.29. The third kappa shape index (κ3) is 2.63. The highest BCUT2D eigenvalue weighted by atomic mass is 16.5. The van der Waals surface area contributed by atoms with Crippen molar-refractivity contribution in [3.8, 4) is 0 Å². The summed E-state index contributed by atoms with van der Waals surface area (Å²) in [5.74, 6) is 0.648. The van der Waals surface area contributed by atoms with Crippen molar-refractivity contribution in [2.24, 2.45) is 11.7 Å². The lowest BCUT2D eigenvalue weighted by molar-refractivity contribution is 0.182. The van der Waals surface area contributed by atoms with Crippen LogP contribution in [0.15, 0.2) is 18.2 Å². The Morgan fingerprint density at radius 1 is 1.44 bits per heavy atom. The molecular formula is C14H21NO. The molecule has 0 bridgehead atoms. The molecule has 0 spiro atoms. The van der Waals surface area contributed by atoms with Gasteiger partial charge in [-0.25, -0.2) is 0 Å². The Labute approximate surface area is 97.8 Å². The summed E-state index contributed by atoms with van der Waals surface area (Å²) in [6.45, 7) is 6.05. The van der Waals surface area contributed by atoms with Crippen LogP contribution in [0.5, 0.6) is 0 Å². The third-order valence-corrected chi connectivity index (χ3v) is 3.45. The van der Waals surface area contributed by atoms with Crippen LogP contribution < -0.4 is 5.73 Å². The molecular weight excluding hydrogens is 198 g/mol. The van der Waals surface area contributed by atoms with Crippen LogP contribution in [-0.2, 0) is 4.74 Å². The molecule has 1 aliphatic rings. The molecule has 1 aromatic carbocycles. The average molecular weight is 219 g/mol. The first kappa shape index (κ1) is 11.6. The molecule has 2 unspecified atom stereocenters. The maximum Gasteiger partial charge on any atom is 0.0495 e. The van der Waals surface area contributed by atoms with E-state index < -0.39 is 0 Å². The quantitative estimate of drug-likeness (QED) is 0.848. The minimum absolute atomic E-state index is 0.159. The number of ether oxygens (including phenoxy) is 1. The second-order valence-electron chi connectivity index (χ2n) is 4.93. The molecule has 0 aliphatic carbocycles. The molecule has 1 aromatic rings. The van der Waals surface area contributed by atoms with Crippen molar-refractivity contribution >= 4 is 0 Å². The average Bonchev–Trinajstić information content (AvgIpc) is 2.74. The second kappa shape index (κ2) is 4.98. The molecule has 0 amide bonds. The van der Waals surface area contributed by atoms with E-state index in [1.165, 1.54) is 23.1 Å². The van der Waals surface area contributed by atoms with Crippen molar-refractivity contribution < 1.29 is 4.74 Å². The van der Waals surface area contributed by atoms with E-state index in [4.69, 9.17) is 10.5 Å². The monoisotopic (exact) mass is 219 g/mol. The fourth-order valence-corrected chi connectivity index (χ4v) is 2.41. The number of hydrogen-bond acceptors (Lipinski definition) is 2. The SMILES string of the molecule is Cc1ccc(C)c(C(N)CC2CCOC2)c1. The summed E-state index contributed by atoms with van der Waals surface area (Å²) in [7, 11) is 0. The fraction of sp³-hybridized carbons (Fsp3) is 0.571. The molecule has 16 heavy (non-hydrogen) atoms. The smallest absolute Gasteiger partial charge is 0.0495 e. The number of nitrogens with two attached hydrogens (primary N) is 1. The zero-order chi connectivity index (χ0) is 11.5. The molecule has 0 aromatic heterocycles. The van der Waals surface area contributed by atoms with Gasteiger partial charge in [0.25, 0.3) is 0 Å². The minimum atomic E-state index is 0.159. The zero-order valence-corrected chi connectivity index (χ0v) is 10.2. The molecule has 1 fully saturated rings. The predicted octanol–water partition coefficient (Wildman–Crippen LogP) is 2.73. The molecule has 2 nitrogen and oxygen atoms in total. The van der Waals surface area contributed by atoms with Gasteiger partial charge in [-0.1, -0.05) is 23.8 Å². The second-order valence-corrected chi connectivity index (χ2v) is 4.93. The van der Waals surface area contributed by atoms with Gasteiger partial charge in [0.15, 0.2) is 0 Å². The number of aryl methyl sites for hydroxylation is 2. The molecule has 2 rings (SSSR count). The summed E-state index contributed by atoms with van der Waals surface area (Å²) in [5.41, 5.74) is 10.2. The van der Waals surface area contributed by atoms with Gasteiger partial charge in [-0.3, -0.25) is 0 Å². The van der Waals surface area contributed by atoms with E-state index in [1.54, 1.807) is 0 Å². The van der Waals surface area contributed by atoms with Crippen LogP contribution in [0.3, 0.4) is 0 Å². The van der Waals surface area contributed by atoms with Crippen molar-refractivity contribution in [2.75, 3.05) is 13.2 Å². The van der Waals surface area contributed by atoms with Crippen LogP contribution in [0.25, 0.3) is 0 Å². The van der Waals surface area contributed by atoms with E-state index >= 15 is 0 Å². The Morgan fingerprint density at radius 3 is 2.94 bits per heavy atom. The van der Waals surface area contributed by atoms with Crippen LogP contribution in [0.4, 0.5) is 0 Å². The van der Waals surface area contributed by atoms with Gasteiger partial charge < -0.3 is 10.5 Å². The molecule has 2 atom stereocenters. The van der Waals surface area contributed by atoms with Crippen LogP contribution in [0, 0.1) is 19.8 Å². The van der Waals surface area contributed by atoms with E-state index in [2.05, 4.69) is 32.0 Å². The van der Waals surface area contributed by atoms with Gasteiger partial charge >= 0.3 is 0 Å². The van der Waals surface area contributed by atoms with Crippen molar-refractivity contribution in [3.05, 3.63) is 34.9 Å². The highest BCUT2D eigenvalue weighted by Crippen LogP contribution is 2.27. The normalized spacial score (nSPS) is 22.3. The molecule has 0 radical (unpaired) electrons. The topological polar surface area (TPSA) is 35.2 Å². The molecule has 1 saturated heterocycles. The number of benzene rings is 1. The number of hydrogen-bond donors (Lipinski definition) is 1. The lowest BCUT2D eigenvalue weighted by Gasteiger charge is -2.18. The molecule has 1 aliphatic heterocycles. The van der Waals surface area contributed by atoms with Gasteiger partial charge in [-0.2, -0.15) is 0 Å². The Balaban J connectivity index is 2.07. The Morgan fingerprint density at radius 2 is 2.25 bits per heavy atom. The Bertz CT molecular complexity index is 356. The summed E-state index contributed by atoms with van der Waals surface area (Å²) in [6, 6.07) is 6.68. The highest BCUT2D eigenvalue weighted by Gasteiger charge is 2.20. The minimum Gasteiger partial charge on any atom is -0.381 e. The third-order valence-electron chi connectivity index (χ3n) is 3.45. The highest BCUT2D eigenvalue weighted by molar-refractivity contribution is 5.32. The van der Waals surface area contributed by atoms with Crippen LogP contribution in [0.1, 0.15) is 35.6 Å². The van der Waals surface area contributed by atoms with Gasteiger partial charge in [-0.05, 0) is 43.7 Å². The molecule has 1 heterocycles. The van der Waals surface area contributed by atoms with Gasteiger partial charge in [0.2, 0.25) is 0 Å². The van der Waals surface area contributed by atoms with Crippen molar-refractivity contribution in [1.82, 2.24) is 0 Å². The van der Waals surface area contributed by atoms with E-state index in [1.807, 2.05) is 0 Å². The van der Waals surface area contributed by atoms with E-state index in [9.17, 15) is 0 Å². The van der Waals surface area contributed by atoms with Gasteiger partial charge in [0.05, 0.1) is 0 Å². The first-order valence-corrected chi connectivity index (χ1v) is 6.07. The zero-order valence-electron chi connectivity index (χ0n) is 10.2. The first-order valence-electron chi connectivity index (χ1n) is 6.07. The molecule has 0 saturated carbocycles. The summed E-state index contributed by atoms with van der Waals surface area (Å²) in [6.07, 6.45) is 2.21. The number of rotatable bonds is 3. The predicted molar refractivity (Wildman–Crippen MR) is 66.4 cm³/mol. The van der Waals surface area contributed by atoms with Crippen molar-refractivity contribution in [3.63, 3.8) is 0 Å². The molecule has 2 heteroatoms. The van der Waals surface area contributed by atoms with Gasteiger partial charge in [-0.15, -0.1) is 0 Å². The van der Waals surface area contributed by atoms with Crippen LogP contribution in [-0.4, -0.2) is 13.2 Å². The Hall–Kier alpha value is -0.860. The van der Waals surface area contributed by atoms with E-state index in [0.717, 1.165) is 19.6 Å². The molecule has 88 valence electrons. The fourth-order valence-electron chi connectivity index (χ4n) is 2.41. The Kier molecular flexibility index (Phi) is 3.62. The summed E-state index contributed by atoms with van der Waals surface area (Å²) in [5, 5.41) is 0. The summed E-state index contributed by atoms with van der Waals surface area (Å²) in [4.78, 5) is 0. The lowest BCUT2D eigenvalue weighted by Crippen LogP contribution is -2.16. The molecule has 2 N–H and O–H groups in total. The van der Waals surface area contributed by atoms with Gasteiger partial charge in [0, 0.05) is 19.3 Å². The lowest BCUT2D eigenvalue weighted by atomic mass is 9.91. The maximum atomic E-state index is 6.29. The van der Waals surface area contributed by atoms with Crippen molar-refractivity contribution in [1.29, 1.82) is 0 Å². The van der Waals surface area contributed by atoms with Gasteiger partial charge in [0.1, 0.15) is 0 Å². The van der Waals surface area contributed by atoms with Crippen molar-refractivity contribution in [2.45, 2.75) is 32.7 Å². The van der Waals surface area contributed by atoms with Crippen LogP contribution in [0.2, 0.25) is 0 Å². The van der Waals surface area contributed by atoms with E-state index in [0.29, 0.717) is 5.92 Å². The summed E-state index contributed by atoms with van der Waals surface area (Å²) >= 11 is 0. The summed E-state index contributed by atoms with van der Waals surface area (Å²) < 4.78 is 5.39. The first-order chi connectivity index (χ1) is 7.66.